The molecule has 0 aromatic heterocycles. The van der Waals surface area contributed by atoms with Gasteiger partial charge in [0.05, 0.1) is 18.6 Å². The fraction of sp³-hybridized carbons (Fsp3) is 0.682. The predicted molar refractivity (Wildman–Crippen MR) is 106 cm³/mol. The van der Waals surface area contributed by atoms with Crippen LogP contribution in [0.1, 0.15) is 61.7 Å². The van der Waals surface area contributed by atoms with Crippen LogP contribution in [0.5, 0.6) is 5.75 Å². The highest BCUT2D eigenvalue weighted by Gasteiger charge is 2.29. The number of nitrogens with zero attached hydrogens (tertiary/aromatic N) is 1. The van der Waals surface area contributed by atoms with Crippen LogP contribution in [0.15, 0.2) is 18.2 Å². The smallest absolute Gasteiger partial charge is 0.390 e. The lowest BCUT2D eigenvalue weighted by Crippen LogP contribution is -2.36. The first kappa shape index (κ1) is 22.8. The van der Waals surface area contributed by atoms with Crippen molar-refractivity contribution in [1.29, 1.82) is 0 Å². The Morgan fingerprint density at radius 2 is 1.87 bits per heavy atom. The molecule has 1 aliphatic heterocycles. The van der Waals surface area contributed by atoms with Crippen LogP contribution in [-0.2, 0) is 0 Å². The van der Waals surface area contributed by atoms with Gasteiger partial charge in [-0.2, -0.15) is 13.2 Å². The van der Waals surface area contributed by atoms with Gasteiger partial charge < -0.3 is 15.0 Å². The second-order valence-electron chi connectivity index (χ2n) is 8.38. The van der Waals surface area contributed by atoms with Gasteiger partial charge in [-0.15, -0.1) is 0 Å². The van der Waals surface area contributed by atoms with Crippen LogP contribution in [0.25, 0.3) is 0 Å². The van der Waals surface area contributed by atoms with Crippen molar-refractivity contribution >= 4 is 5.91 Å². The third kappa shape index (κ3) is 7.78. The zero-order chi connectivity index (χ0) is 21.6. The molecule has 2 aliphatic rings. The van der Waals surface area contributed by atoms with Crippen LogP contribution in [0.3, 0.4) is 0 Å². The standard InChI is InChI=1S/C22H30F4N2O2/c23-20-15-18(6-7-19(20)21(29)27-17-4-5-17)30-14-2-1-3-16-8-11-28(12-9-16)13-10-22(24,25)26/h6-7,15-17H,1-5,8-14H2,(H,27,29). The monoisotopic (exact) mass is 430 g/mol. The van der Waals surface area contributed by atoms with E-state index < -0.39 is 18.4 Å². The lowest BCUT2D eigenvalue weighted by Gasteiger charge is -2.32. The topological polar surface area (TPSA) is 41.6 Å². The van der Waals surface area contributed by atoms with Crippen molar-refractivity contribution in [3.05, 3.63) is 29.6 Å². The van der Waals surface area contributed by atoms with Crippen LogP contribution in [-0.4, -0.2) is 49.3 Å². The molecule has 3 rings (SSSR count). The maximum Gasteiger partial charge on any atom is 0.390 e. The Morgan fingerprint density at radius 3 is 2.50 bits per heavy atom. The van der Waals surface area contributed by atoms with Crippen LogP contribution in [0.4, 0.5) is 17.6 Å². The number of carbonyl (C=O) groups is 1. The quantitative estimate of drug-likeness (QED) is 0.423. The highest BCUT2D eigenvalue weighted by atomic mass is 19.4. The summed E-state index contributed by atoms with van der Waals surface area (Å²) in [5.74, 6) is -0.00349. The molecule has 1 saturated heterocycles. The lowest BCUT2D eigenvalue weighted by atomic mass is 9.91. The number of ether oxygens (including phenoxy) is 1. The molecular formula is C22H30F4N2O2. The van der Waals surface area contributed by atoms with E-state index in [1.54, 1.807) is 6.07 Å². The Balaban J connectivity index is 1.27. The fourth-order valence-electron chi connectivity index (χ4n) is 3.77. The van der Waals surface area contributed by atoms with Crippen LogP contribution >= 0.6 is 0 Å². The minimum absolute atomic E-state index is 0.0378. The maximum atomic E-state index is 14.1. The van der Waals surface area contributed by atoms with Gasteiger partial charge in [-0.3, -0.25) is 4.79 Å². The van der Waals surface area contributed by atoms with Crippen molar-refractivity contribution in [1.82, 2.24) is 10.2 Å². The zero-order valence-corrected chi connectivity index (χ0v) is 17.1. The molecule has 1 N–H and O–H groups in total. The minimum Gasteiger partial charge on any atom is -0.493 e. The van der Waals surface area contributed by atoms with E-state index in [0.29, 0.717) is 18.3 Å². The van der Waals surface area contributed by atoms with Gasteiger partial charge in [-0.1, -0.05) is 6.42 Å². The van der Waals surface area contributed by atoms with Gasteiger partial charge in [0.25, 0.3) is 5.91 Å². The van der Waals surface area contributed by atoms with Crippen molar-refractivity contribution in [2.75, 3.05) is 26.2 Å². The molecule has 0 atom stereocenters. The van der Waals surface area contributed by atoms with E-state index in [9.17, 15) is 22.4 Å². The second kappa shape index (κ2) is 10.5. The molecule has 2 fully saturated rings. The van der Waals surface area contributed by atoms with Gasteiger partial charge in [-0.25, -0.2) is 4.39 Å². The Morgan fingerprint density at radius 1 is 1.13 bits per heavy atom. The average Bonchev–Trinajstić information content (AvgIpc) is 3.50. The van der Waals surface area contributed by atoms with Gasteiger partial charge >= 0.3 is 6.18 Å². The van der Waals surface area contributed by atoms with E-state index >= 15 is 0 Å². The number of nitrogens with one attached hydrogen (secondary N) is 1. The second-order valence-corrected chi connectivity index (χ2v) is 8.38. The molecule has 0 spiro atoms. The summed E-state index contributed by atoms with van der Waals surface area (Å²) >= 11 is 0. The number of alkyl halides is 3. The summed E-state index contributed by atoms with van der Waals surface area (Å²) in [6, 6.07) is 4.49. The fourth-order valence-corrected chi connectivity index (χ4v) is 3.77. The number of hydrogen-bond acceptors (Lipinski definition) is 3. The number of halogens is 4. The molecule has 1 heterocycles. The molecule has 1 saturated carbocycles. The van der Waals surface area contributed by atoms with E-state index in [-0.39, 0.29) is 24.1 Å². The van der Waals surface area contributed by atoms with E-state index in [1.165, 1.54) is 12.1 Å². The SMILES string of the molecule is O=C(NC1CC1)c1ccc(OCCCCC2CCN(CCC(F)(F)F)CC2)cc1F. The summed E-state index contributed by atoms with van der Waals surface area (Å²) in [6.07, 6.45) is 1.80. The summed E-state index contributed by atoms with van der Waals surface area (Å²) in [5.41, 5.74) is 0.0378. The number of likely N-dealkylation sites (tertiary alicyclic amines) is 1. The molecule has 168 valence electrons. The average molecular weight is 430 g/mol. The molecule has 0 unspecified atom stereocenters. The first-order valence-electron chi connectivity index (χ1n) is 10.8. The zero-order valence-electron chi connectivity index (χ0n) is 17.1. The van der Waals surface area contributed by atoms with Gasteiger partial charge in [0.1, 0.15) is 11.6 Å². The van der Waals surface area contributed by atoms with E-state index in [4.69, 9.17) is 4.74 Å². The van der Waals surface area contributed by atoms with Gasteiger partial charge in [0.2, 0.25) is 0 Å². The summed E-state index contributed by atoms with van der Waals surface area (Å²) in [4.78, 5) is 13.8. The number of benzene rings is 1. The Hall–Kier alpha value is -1.83. The van der Waals surface area contributed by atoms with E-state index in [2.05, 4.69) is 5.32 Å². The molecule has 4 nitrogen and oxygen atoms in total. The summed E-state index contributed by atoms with van der Waals surface area (Å²) in [6.45, 7) is 2.04. The van der Waals surface area contributed by atoms with Crippen LogP contribution < -0.4 is 10.1 Å². The molecule has 1 amide bonds. The van der Waals surface area contributed by atoms with Crippen LogP contribution in [0.2, 0.25) is 0 Å². The van der Waals surface area contributed by atoms with Gasteiger partial charge in [0.15, 0.2) is 0 Å². The molecule has 8 heteroatoms. The molecule has 0 radical (unpaired) electrons. The lowest BCUT2D eigenvalue weighted by molar-refractivity contribution is -0.138. The Kier molecular flexibility index (Phi) is 7.97. The third-order valence-corrected chi connectivity index (χ3v) is 5.79. The molecule has 1 aromatic carbocycles. The molecule has 30 heavy (non-hydrogen) atoms. The molecule has 0 bridgehead atoms. The Labute approximate surface area is 175 Å². The largest absolute Gasteiger partial charge is 0.493 e. The van der Waals surface area contributed by atoms with Crippen molar-refractivity contribution in [2.45, 2.75) is 63.6 Å². The summed E-state index contributed by atoms with van der Waals surface area (Å²) in [5, 5.41) is 2.77. The highest BCUT2D eigenvalue weighted by Crippen LogP contribution is 2.26. The summed E-state index contributed by atoms with van der Waals surface area (Å²) < 4.78 is 56.6. The number of carbonyl (C=O) groups excluding carboxylic acids is 1. The Bertz CT molecular complexity index is 699. The van der Waals surface area contributed by atoms with Crippen molar-refractivity contribution in [3.63, 3.8) is 0 Å². The van der Waals surface area contributed by atoms with Gasteiger partial charge in [-0.05, 0) is 69.7 Å². The molecular weight excluding hydrogens is 400 g/mol. The first-order valence-corrected chi connectivity index (χ1v) is 10.8. The third-order valence-electron chi connectivity index (χ3n) is 5.79. The number of amides is 1. The van der Waals surface area contributed by atoms with Gasteiger partial charge in [0, 0.05) is 18.7 Å². The molecule has 1 aliphatic carbocycles. The normalized spacial score (nSPS) is 18.4. The van der Waals surface area contributed by atoms with Crippen molar-refractivity contribution in [2.24, 2.45) is 5.92 Å². The number of unbranched alkanes of at least 4 members (excludes halogenated alkanes) is 1. The van der Waals surface area contributed by atoms with Crippen LogP contribution in [0, 0.1) is 11.7 Å². The number of piperidine rings is 1. The van der Waals surface area contributed by atoms with Crippen molar-refractivity contribution < 1.29 is 27.1 Å². The number of rotatable bonds is 10. The molecule has 1 aromatic rings. The van der Waals surface area contributed by atoms with E-state index in [1.807, 2.05) is 4.90 Å². The predicted octanol–water partition coefficient (Wildman–Crippen LogP) is 4.93. The first-order chi connectivity index (χ1) is 14.3. The maximum absolute atomic E-state index is 14.1. The van der Waals surface area contributed by atoms with Crippen molar-refractivity contribution in [3.8, 4) is 5.75 Å². The van der Waals surface area contributed by atoms with E-state index in [0.717, 1.165) is 58.0 Å². The number of hydrogen-bond donors (Lipinski definition) is 1. The summed E-state index contributed by atoms with van der Waals surface area (Å²) in [7, 11) is 0. The minimum atomic E-state index is -4.08. The highest BCUT2D eigenvalue weighted by molar-refractivity contribution is 5.95.